The third-order valence-corrected chi connectivity index (χ3v) is 4.63. The molecule has 1 N–H and O–H groups in total. The Labute approximate surface area is 168 Å². The maximum absolute atomic E-state index is 12.9. The first-order chi connectivity index (χ1) is 14.2. The zero-order valence-electron chi connectivity index (χ0n) is 15.7. The fraction of sp³-hybridized carbons (Fsp3) is 0.190. The summed E-state index contributed by atoms with van der Waals surface area (Å²) in [6.07, 6.45) is 3.41. The molecule has 1 aliphatic heterocycles. The van der Waals surface area contributed by atoms with Crippen LogP contribution in [0.25, 0.3) is 0 Å². The number of nitrogens with zero attached hydrogens (tertiary/aromatic N) is 5. The van der Waals surface area contributed by atoms with Crippen molar-refractivity contribution >= 4 is 23.5 Å². The molecule has 3 aromatic rings. The number of benzene rings is 1. The number of hydrogen-bond acceptors (Lipinski definition) is 6. The van der Waals surface area contributed by atoms with Crippen LogP contribution >= 0.6 is 0 Å². The lowest BCUT2D eigenvalue weighted by Gasteiger charge is -2.34. The molecule has 146 valence electrons. The van der Waals surface area contributed by atoms with Gasteiger partial charge in [-0.15, -0.1) is 0 Å². The summed E-state index contributed by atoms with van der Waals surface area (Å²) in [5.41, 5.74) is 1.14. The number of piperazine rings is 1. The van der Waals surface area contributed by atoms with Crippen LogP contribution in [-0.2, 0) is 0 Å². The Morgan fingerprint density at radius 3 is 2.21 bits per heavy atom. The number of anilines is 2. The monoisotopic (exact) mass is 388 g/mol. The van der Waals surface area contributed by atoms with Crippen molar-refractivity contribution in [2.75, 3.05) is 36.4 Å². The average molecular weight is 388 g/mol. The van der Waals surface area contributed by atoms with Crippen LogP contribution in [0.1, 0.15) is 21.0 Å². The quantitative estimate of drug-likeness (QED) is 0.736. The van der Waals surface area contributed by atoms with Gasteiger partial charge in [-0.3, -0.25) is 9.59 Å². The summed E-state index contributed by atoms with van der Waals surface area (Å²) in [6, 6.07) is 15.8. The molecule has 29 heavy (non-hydrogen) atoms. The minimum absolute atomic E-state index is 0.187. The molecule has 1 fully saturated rings. The van der Waals surface area contributed by atoms with Gasteiger partial charge < -0.3 is 15.1 Å². The van der Waals surface area contributed by atoms with E-state index in [1.165, 1.54) is 0 Å². The number of hydrogen-bond donors (Lipinski definition) is 1. The molecule has 1 saturated heterocycles. The van der Waals surface area contributed by atoms with Gasteiger partial charge in [-0.05, 0) is 30.3 Å². The lowest BCUT2D eigenvalue weighted by molar-refractivity contribution is 0.0740. The van der Waals surface area contributed by atoms with Crippen molar-refractivity contribution in [3.63, 3.8) is 0 Å². The van der Waals surface area contributed by atoms with Crippen LogP contribution < -0.4 is 10.2 Å². The molecule has 0 bridgehead atoms. The predicted octanol–water partition coefficient (Wildman–Crippen LogP) is 2.09. The predicted molar refractivity (Wildman–Crippen MR) is 109 cm³/mol. The van der Waals surface area contributed by atoms with Gasteiger partial charge in [0.1, 0.15) is 11.4 Å². The number of carbonyl (C=O) groups is 2. The molecule has 0 spiro atoms. The van der Waals surface area contributed by atoms with E-state index in [1.807, 2.05) is 23.1 Å². The number of amides is 2. The zero-order chi connectivity index (χ0) is 20.1. The fourth-order valence-electron chi connectivity index (χ4n) is 3.12. The van der Waals surface area contributed by atoms with Gasteiger partial charge in [0, 0.05) is 44.3 Å². The largest absolute Gasteiger partial charge is 0.337 e. The molecule has 0 saturated carbocycles. The number of rotatable bonds is 4. The van der Waals surface area contributed by atoms with E-state index in [-0.39, 0.29) is 23.2 Å². The first-order valence-electron chi connectivity index (χ1n) is 9.35. The molecule has 3 heterocycles. The minimum Gasteiger partial charge on any atom is -0.337 e. The summed E-state index contributed by atoms with van der Waals surface area (Å²) in [6.45, 7) is 2.37. The highest BCUT2D eigenvalue weighted by atomic mass is 16.2. The highest BCUT2D eigenvalue weighted by Gasteiger charge is 2.24. The van der Waals surface area contributed by atoms with Crippen LogP contribution in [0.15, 0.2) is 67.0 Å². The Balaban J connectivity index is 1.40. The van der Waals surface area contributed by atoms with E-state index in [0.29, 0.717) is 37.8 Å². The number of para-hydroxylation sites is 1. The maximum Gasteiger partial charge on any atom is 0.274 e. The Morgan fingerprint density at radius 1 is 0.793 bits per heavy atom. The Kier molecular flexibility index (Phi) is 5.42. The number of carbonyl (C=O) groups excluding carboxylic acids is 2. The third-order valence-electron chi connectivity index (χ3n) is 4.63. The van der Waals surface area contributed by atoms with Crippen molar-refractivity contribution in [3.8, 4) is 0 Å². The smallest absolute Gasteiger partial charge is 0.274 e. The van der Waals surface area contributed by atoms with Gasteiger partial charge in [0.25, 0.3) is 11.8 Å². The zero-order valence-corrected chi connectivity index (χ0v) is 15.7. The van der Waals surface area contributed by atoms with Crippen molar-refractivity contribution in [2.45, 2.75) is 0 Å². The third kappa shape index (κ3) is 4.37. The van der Waals surface area contributed by atoms with Crippen LogP contribution in [0.5, 0.6) is 0 Å². The SMILES string of the molecule is O=C(Nc1ccccc1)c1cccc(C(=O)N2CCN(c3ncccn3)CC2)n1. The van der Waals surface area contributed by atoms with Gasteiger partial charge in [0.15, 0.2) is 0 Å². The first kappa shape index (κ1) is 18.5. The van der Waals surface area contributed by atoms with Gasteiger partial charge in [-0.1, -0.05) is 24.3 Å². The molecule has 0 atom stereocenters. The van der Waals surface area contributed by atoms with E-state index < -0.39 is 0 Å². The molecule has 0 unspecified atom stereocenters. The highest BCUT2D eigenvalue weighted by molar-refractivity contribution is 6.03. The Hall–Kier alpha value is -3.81. The number of nitrogens with one attached hydrogen (secondary N) is 1. The van der Waals surface area contributed by atoms with Crippen molar-refractivity contribution < 1.29 is 9.59 Å². The van der Waals surface area contributed by atoms with Gasteiger partial charge in [0.05, 0.1) is 0 Å². The molecule has 2 amide bonds. The average Bonchev–Trinajstić information content (AvgIpc) is 2.80. The van der Waals surface area contributed by atoms with Gasteiger partial charge in [0.2, 0.25) is 5.95 Å². The molecular formula is C21H20N6O2. The van der Waals surface area contributed by atoms with E-state index in [1.54, 1.807) is 53.7 Å². The molecule has 8 nitrogen and oxygen atoms in total. The summed E-state index contributed by atoms with van der Waals surface area (Å²) >= 11 is 0. The summed E-state index contributed by atoms with van der Waals surface area (Å²) in [5, 5.41) is 2.78. The van der Waals surface area contributed by atoms with Crippen LogP contribution in [0, 0.1) is 0 Å². The molecular weight excluding hydrogens is 368 g/mol. The topological polar surface area (TPSA) is 91.3 Å². The summed E-state index contributed by atoms with van der Waals surface area (Å²) in [4.78, 5) is 41.9. The second kappa shape index (κ2) is 8.47. The standard InChI is InChI=1S/C21H20N6O2/c28-19(24-16-6-2-1-3-7-16)17-8-4-9-18(25-17)20(29)26-12-14-27(15-13-26)21-22-10-5-11-23-21/h1-11H,12-15H2,(H,24,28). The van der Waals surface area contributed by atoms with Crippen molar-refractivity contribution in [3.05, 3.63) is 78.4 Å². The fourth-order valence-corrected chi connectivity index (χ4v) is 3.12. The summed E-state index contributed by atoms with van der Waals surface area (Å²) in [7, 11) is 0. The molecule has 1 aromatic carbocycles. The van der Waals surface area contributed by atoms with Gasteiger partial charge in [-0.25, -0.2) is 15.0 Å². The number of pyridine rings is 1. The Bertz CT molecular complexity index is 988. The lowest BCUT2D eigenvalue weighted by Crippen LogP contribution is -2.49. The van der Waals surface area contributed by atoms with Crippen molar-refractivity contribution in [2.24, 2.45) is 0 Å². The number of aromatic nitrogens is 3. The summed E-state index contributed by atoms with van der Waals surface area (Å²) in [5.74, 6) is 0.127. The maximum atomic E-state index is 12.9. The molecule has 0 radical (unpaired) electrons. The van der Waals surface area contributed by atoms with Crippen molar-refractivity contribution in [1.29, 1.82) is 0 Å². The molecule has 4 rings (SSSR count). The Morgan fingerprint density at radius 2 is 1.48 bits per heavy atom. The molecule has 1 aliphatic rings. The second-order valence-corrected chi connectivity index (χ2v) is 6.56. The minimum atomic E-state index is -0.350. The van der Waals surface area contributed by atoms with Crippen LogP contribution in [-0.4, -0.2) is 57.8 Å². The van der Waals surface area contributed by atoms with E-state index in [2.05, 4.69) is 20.3 Å². The van der Waals surface area contributed by atoms with E-state index >= 15 is 0 Å². The van der Waals surface area contributed by atoms with Crippen LogP contribution in [0.2, 0.25) is 0 Å². The van der Waals surface area contributed by atoms with Crippen LogP contribution in [0.4, 0.5) is 11.6 Å². The molecule has 0 aliphatic carbocycles. The van der Waals surface area contributed by atoms with Crippen LogP contribution in [0.3, 0.4) is 0 Å². The first-order valence-corrected chi connectivity index (χ1v) is 9.35. The van der Waals surface area contributed by atoms with E-state index in [9.17, 15) is 9.59 Å². The highest BCUT2D eigenvalue weighted by Crippen LogP contribution is 2.13. The van der Waals surface area contributed by atoms with E-state index in [0.717, 1.165) is 0 Å². The molecule has 2 aromatic heterocycles. The van der Waals surface area contributed by atoms with E-state index in [4.69, 9.17) is 0 Å². The van der Waals surface area contributed by atoms with Gasteiger partial charge >= 0.3 is 0 Å². The second-order valence-electron chi connectivity index (χ2n) is 6.56. The summed E-state index contributed by atoms with van der Waals surface area (Å²) < 4.78 is 0. The lowest BCUT2D eigenvalue weighted by atomic mass is 10.2. The normalized spacial score (nSPS) is 13.8. The van der Waals surface area contributed by atoms with Crippen molar-refractivity contribution in [1.82, 2.24) is 19.9 Å². The molecule has 8 heteroatoms. The van der Waals surface area contributed by atoms with Gasteiger partial charge in [-0.2, -0.15) is 0 Å².